The highest BCUT2D eigenvalue weighted by atomic mass is 79.9. The van der Waals surface area contributed by atoms with Gasteiger partial charge in [0.05, 0.1) is 16.0 Å². The first-order chi connectivity index (χ1) is 15.8. The summed E-state index contributed by atoms with van der Waals surface area (Å²) in [5.74, 6) is 0.843. The first kappa shape index (κ1) is 24.0. The Morgan fingerprint density at radius 1 is 1.09 bits per heavy atom. The van der Waals surface area contributed by atoms with Gasteiger partial charge in [-0.25, -0.2) is 0 Å². The Balaban J connectivity index is 1.39. The number of nitrogens with one attached hydrogen (secondary N) is 1. The zero-order valence-electron chi connectivity index (χ0n) is 16.6. The second-order valence-electron chi connectivity index (χ2n) is 6.82. The van der Waals surface area contributed by atoms with Crippen LogP contribution in [0.3, 0.4) is 0 Å². The quantitative estimate of drug-likeness (QED) is 0.239. The molecule has 2 aromatic carbocycles. The number of amides is 1. The first-order valence-electron chi connectivity index (χ1n) is 9.44. The van der Waals surface area contributed by atoms with Crippen LogP contribution in [0.15, 0.2) is 63.6 Å². The summed E-state index contributed by atoms with van der Waals surface area (Å²) in [6.07, 6.45) is 1.73. The van der Waals surface area contributed by atoms with Crippen LogP contribution in [0.1, 0.15) is 21.9 Å². The van der Waals surface area contributed by atoms with Gasteiger partial charge in [-0.05, 0) is 57.9 Å². The zero-order chi connectivity index (χ0) is 23.5. The zero-order valence-corrected chi connectivity index (χ0v) is 21.2. The lowest BCUT2D eigenvalue weighted by molar-refractivity contribution is 0.0992. The highest BCUT2D eigenvalue weighted by Gasteiger charge is 2.17. The maximum absolute atomic E-state index is 12.6. The number of carbonyl (C=O) groups is 1. The minimum atomic E-state index is -0.461. The fourth-order valence-corrected chi connectivity index (χ4v) is 4.11. The molecule has 170 valence electrons. The predicted octanol–water partition coefficient (Wildman–Crippen LogP) is 7.73. The molecule has 0 radical (unpaired) electrons. The number of benzene rings is 2. The molecule has 0 aliphatic rings. The van der Waals surface area contributed by atoms with Crippen molar-refractivity contribution in [2.75, 3.05) is 5.32 Å². The predicted molar refractivity (Wildman–Crippen MR) is 133 cm³/mol. The van der Waals surface area contributed by atoms with E-state index in [4.69, 9.17) is 55.6 Å². The number of carbonyl (C=O) groups excluding carboxylic acids is 1. The summed E-state index contributed by atoms with van der Waals surface area (Å²) in [7, 11) is 0. The van der Waals surface area contributed by atoms with Crippen molar-refractivity contribution in [2.45, 2.75) is 13.2 Å². The maximum atomic E-state index is 12.6. The minimum absolute atomic E-state index is 0.0769. The fourth-order valence-electron chi connectivity index (χ4n) is 2.88. The van der Waals surface area contributed by atoms with E-state index in [1.165, 1.54) is 0 Å². The van der Waals surface area contributed by atoms with E-state index in [9.17, 15) is 4.79 Å². The van der Waals surface area contributed by atoms with Gasteiger partial charge in [-0.3, -0.25) is 9.48 Å². The number of rotatable bonds is 7. The first-order valence-corrected chi connectivity index (χ1v) is 11.7. The highest BCUT2D eigenvalue weighted by Crippen LogP contribution is 2.32. The summed E-state index contributed by atoms with van der Waals surface area (Å²) < 4.78 is 13.5. The highest BCUT2D eigenvalue weighted by molar-refractivity contribution is 9.10. The van der Waals surface area contributed by atoms with Gasteiger partial charge in [-0.1, -0.05) is 58.5 Å². The number of hydrogen-bond acceptors (Lipinski definition) is 4. The topological polar surface area (TPSA) is 69.3 Å². The average Bonchev–Trinajstić information content (AvgIpc) is 3.38. The number of nitrogens with zero attached hydrogens (tertiary/aromatic N) is 2. The lowest BCUT2D eigenvalue weighted by Gasteiger charge is -2.07. The van der Waals surface area contributed by atoms with Crippen molar-refractivity contribution >= 4 is 74.1 Å². The van der Waals surface area contributed by atoms with Crippen molar-refractivity contribution in [1.82, 2.24) is 9.78 Å². The molecular formula is C22H14BrCl4N3O3. The van der Waals surface area contributed by atoms with Gasteiger partial charge >= 0.3 is 0 Å². The third-order valence-electron chi connectivity index (χ3n) is 4.47. The molecule has 0 aliphatic carbocycles. The van der Waals surface area contributed by atoms with Crippen molar-refractivity contribution < 1.29 is 13.9 Å². The van der Waals surface area contributed by atoms with E-state index in [0.717, 1.165) is 5.56 Å². The van der Waals surface area contributed by atoms with E-state index >= 15 is 0 Å². The number of anilines is 1. The molecule has 2 aromatic heterocycles. The molecular weight excluding hydrogens is 576 g/mol. The lowest BCUT2D eigenvalue weighted by Crippen LogP contribution is -2.12. The van der Waals surface area contributed by atoms with Crippen LogP contribution in [0, 0.1) is 0 Å². The van der Waals surface area contributed by atoms with Gasteiger partial charge in [0.25, 0.3) is 5.91 Å². The Bertz CT molecular complexity index is 1320. The van der Waals surface area contributed by atoms with Crippen LogP contribution in [-0.4, -0.2) is 15.7 Å². The molecule has 33 heavy (non-hydrogen) atoms. The maximum Gasteiger partial charge on any atom is 0.292 e. The van der Waals surface area contributed by atoms with Crippen LogP contribution in [0.25, 0.3) is 0 Å². The van der Waals surface area contributed by atoms with E-state index in [1.54, 1.807) is 53.3 Å². The number of furan rings is 1. The average molecular weight is 590 g/mol. The molecule has 0 aliphatic heterocycles. The molecule has 11 heteroatoms. The van der Waals surface area contributed by atoms with E-state index in [2.05, 4.69) is 26.3 Å². The summed E-state index contributed by atoms with van der Waals surface area (Å²) in [6, 6.07) is 13.5. The summed E-state index contributed by atoms with van der Waals surface area (Å²) in [6.45, 7) is 0.478. The van der Waals surface area contributed by atoms with Gasteiger partial charge in [0.2, 0.25) is 0 Å². The number of aromatic nitrogens is 2. The Labute approximate surface area is 217 Å². The van der Waals surface area contributed by atoms with E-state index < -0.39 is 5.91 Å². The summed E-state index contributed by atoms with van der Waals surface area (Å²) >= 11 is 27.7. The number of halogens is 5. The summed E-state index contributed by atoms with van der Waals surface area (Å²) in [5, 5.41) is 8.88. The molecule has 6 nitrogen and oxygen atoms in total. The number of hydrogen-bond donors (Lipinski definition) is 1. The lowest BCUT2D eigenvalue weighted by atomic mass is 10.2. The van der Waals surface area contributed by atoms with Gasteiger partial charge in [0, 0.05) is 16.2 Å². The van der Waals surface area contributed by atoms with Gasteiger partial charge in [-0.2, -0.15) is 5.10 Å². The SMILES string of the molecule is O=C(Nc1nn(Cc2ccc(Cl)cc2Cl)cc1Br)c1ccc(COc2cccc(Cl)c2Cl)o1. The summed E-state index contributed by atoms with van der Waals surface area (Å²) in [5.41, 5.74) is 0.837. The normalized spacial score (nSPS) is 10.9. The van der Waals surface area contributed by atoms with E-state index in [-0.39, 0.29) is 12.4 Å². The van der Waals surface area contributed by atoms with Crippen molar-refractivity contribution in [3.8, 4) is 5.75 Å². The molecule has 0 bridgehead atoms. The molecule has 4 rings (SSSR count). The van der Waals surface area contributed by atoms with Crippen molar-refractivity contribution in [2.24, 2.45) is 0 Å². The molecule has 0 atom stereocenters. The molecule has 0 saturated heterocycles. The molecule has 1 N–H and O–H groups in total. The molecule has 0 saturated carbocycles. The van der Waals surface area contributed by atoms with Crippen LogP contribution in [-0.2, 0) is 13.2 Å². The second-order valence-corrected chi connectivity index (χ2v) is 9.30. The standard InChI is InChI=1S/C22H14BrCl4N3O3/c23-15-10-30(9-12-4-5-13(24)8-17(12)26)29-21(15)28-22(31)19-7-6-14(33-19)11-32-18-3-1-2-16(25)20(18)27/h1-8,10H,9,11H2,(H,28,29,31). The Kier molecular flexibility index (Phi) is 7.56. The van der Waals surface area contributed by atoms with Crippen molar-refractivity contribution in [1.29, 1.82) is 0 Å². The minimum Gasteiger partial charge on any atom is -0.484 e. The van der Waals surface area contributed by atoms with Gasteiger partial charge in [0.1, 0.15) is 23.1 Å². The van der Waals surface area contributed by atoms with Gasteiger partial charge < -0.3 is 14.5 Å². The van der Waals surface area contributed by atoms with Crippen LogP contribution >= 0.6 is 62.3 Å². The molecule has 2 heterocycles. The third kappa shape index (κ3) is 5.86. The van der Waals surface area contributed by atoms with E-state index in [1.807, 2.05) is 6.07 Å². The molecule has 0 unspecified atom stereocenters. The smallest absolute Gasteiger partial charge is 0.292 e. The molecule has 4 aromatic rings. The largest absolute Gasteiger partial charge is 0.484 e. The van der Waals surface area contributed by atoms with Crippen LogP contribution in [0.2, 0.25) is 20.1 Å². The number of ether oxygens (including phenoxy) is 1. The second kappa shape index (κ2) is 10.4. The van der Waals surface area contributed by atoms with E-state index in [0.29, 0.717) is 48.4 Å². The van der Waals surface area contributed by atoms with Crippen LogP contribution in [0.5, 0.6) is 5.75 Å². The third-order valence-corrected chi connectivity index (χ3v) is 6.44. The van der Waals surface area contributed by atoms with Crippen molar-refractivity contribution in [3.63, 3.8) is 0 Å². The van der Waals surface area contributed by atoms with Gasteiger partial charge in [-0.15, -0.1) is 0 Å². The molecule has 0 spiro atoms. The fraction of sp³-hybridized carbons (Fsp3) is 0.0909. The monoisotopic (exact) mass is 587 g/mol. The Morgan fingerprint density at radius 2 is 1.91 bits per heavy atom. The molecule has 1 amide bonds. The van der Waals surface area contributed by atoms with Gasteiger partial charge in [0.15, 0.2) is 11.6 Å². The van der Waals surface area contributed by atoms with Crippen LogP contribution in [0.4, 0.5) is 5.82 Å². The Hall–Kier alpha value is -2.16. The summed E-state index contributed by atoms with van der Waals surface area (Å²) in [4.78, 5) is 12.6. The van der Waals surface area contributed by atoms with Crippen LogP contribution < -0.4 is 10.1 Å². The molecule has 0 fully saturated rings. The van der Waals surface area contributed by atoms with Crippen molar-refractivity contribution in [3.05, 3.63) is 96.4 Å². The Morgan fingerprint density at radius 3 is 2.70 bits per heavy atom.